The smallest absolute Gasteiger partial charge is 0.0551 e. The van der Waals surface area contributed by atoms with E-state index in [1.165, 1.54) is 16.8 Å². The topological polar surface area (TPSA) is 3.24 Å². The Kier molecular flexibility index (Phi) is 3.60. The molecule has 0 saturated heterocycles. The Labute approximate surface area is 121 Å². The van der Waals surface area contributed by atoms with E-state index in [1.54, 1.807) is 0 Å². The van der Waals surface area contributed by atoms with Gasteiger partial charge < -0.3 is 4.90 Å². The predicted octanol–water partition coefficient (Wildman–Crippen LogP) is 4.93. The van der Waals surface area contributed by atoms with Crippen LogP contribution in [0.1, 0.15) is 36.4 Å². The Morgan fingerprint density at radius 3 is 2.55 bits per heavy atom. The van der Waals surface area contributed by atoms with Gasteiger partial charge in [0.15, 0.2) is 0 Å². The first-order valence-corrected chi connectivity index (χ1v) is 7.32. The van der Waals surface area contributed by atoms with E-state index in [4.69, 9.17) is 0 Å². The van der Waals surface area contributed by atoms with E-state index in [0.29, 0.717) is 12.0 Å². The number of anilines is 1. The average Bonchev–Trinajstić information content (AvgIpc) is 2.51. The van der Waals surface area contributed by atoms with Crippen molar-refractivity contribution in [1.82, 2.24) is 0 Å². The SMILES string of the molecule is C=CCN1c2ccccc2C(C)CC1c1ccccc1. The second-order valence-electron chi connectivity index (χ2n) is 5.56. The molecule has 2 aromatic rings. The molecule has 0 saturated carbocycles. The van der Waals surface area contributed by atoms with E-state index in [2.05, 4.69) is 73.0 Å². The Bertz CT molecular complexity index is 588. The molecule has 0 aromatic heterocycles. The van der Waals surface area contributed by atoms with Gasteiger partial charge in [0, 0.05) is 12.2 Å². The Balaban J connectivity index is 2.06. The van der Waals surface area contributed by atoms with Crippen LogP contribution < -0.4 is 4.90 Å². The van der Waals surface area contributed by atoms with Crippen LogP contribution in [0.25, 0.3) is 0 Å². The van der Waals surface area contributed by atoms with Gasteiger partial charge in [0.1, 0.15) is 0 Å². The molecule has 0 radical (unpaired) electrons. The summed E-state index contributed by atoms with van der Waals surface area (Å²) in [7, 11) is 0. The lowest BCUT2D eigenvalue weighted by molar-refractivity contribution is 0.509. The molecule has 1 aliphatic rings. The maximum absolute atomic E-state index is 3.93. The van der Waals surface area contributed by atoms with Crippen molar-refractivity contribution in [3.05, 3.63) is 78.4 Å². The minimum absolute atomic E-state index is 0.444. The van der Waals surface area contributed by atoms with Crippen molar-refractivity contribution in [3.63, 3.8) is 0 Å². The maximum Gasteiger partial charge on any atom is 0.0551 e. The van der Waals surface area contributed by atoms with Gasteiger partial charge in [-0.25, -0.2) is 0 Å². The zero-order valence-electron chi connectivity index (χ0n) is 12.0. The highest BCUT2D eigenvalue weighted by Crippen LogP contribution is 2.44. The maximum atomic E-state index is 3.93. The summed E-state index contributed by atoms with van der Waals surface area (Å²) in [5, 5.41) is 0. The number of rotatable bonds is 3. The molecule has 0 spiro atoms. The second-order valence-corrected chi connectivity index (χ2v) is 5.56. The first kappa shape index (κ1) is 13.0. The lowest BCUT2D eigenvalue weighted by Crippen LogP contribution is -2.34. The van der Waals surface area contributed by atoms with Gasteiger partial charge in [0.05, 0.1) is 6.04 Å². The molecule has 0 fully saturated rings. The standard InChI is InChI=1S/C19H21N/c1-3-13-20-18-12-8-7-11-17(18)15(2)14-19(20)16-9-5-4-6-10-16/h3-12,15,19H,1,13-14H2,2H3. The van der Waals surface area contributed by atoms with Crippen LogP contribution in [-0.4, -0.2) is 6.54 Å². The highest BCUT2D eigenvalue weighted by atomic mass is 15.2. The zero-order valence-corrected chi connectivity index (χ0v) is 12.0. The molecule has 102 valence electrons. The second kappa shape index (κ2) is 5.54. The average molecular weight is 263 g/mol. The summed E-state index contributed by atoms with van der Waals surface area (Å²) < 4.78 is 0. The molecular weight excluding hydrogens is 242 g/mol. The zero-order chi connectivity index (χ0) is 13.9. The molecule has 0 bridgehead atoms. The van der Waals surface area contributed by atoms with E-state index in [1.807, 2.05) is 6.08 Å². The van der Waals surface area contributed by atoms with Crippen LogP contribution in [0.15, 0.2) is 67.3 Å². The number of hydrogen-bond acceptors (Lipinski definition) is 1. The molecule has 1 nitrogen and oxygen atoms in total. The molecule has 0 aliphatic carbocycles. The van der Waals surface area contributed by atoms with E-state index in [0.717, 1.165) is 13.0 Å². The van der Waals surface area contributed by atoms with Crippen LogP contribution in [0, 0.1) is 0 Å². The van der Waals surface area contributed by atoms with Crippen LogP contribution in [0.5, 0.6) is 0 Å². The first-order valence-electron chi connectivity index (χ1n) is 7.32. The van der Waals surface area contributed by atoms with Gasteiger partial charge in [-0.05, 0) is 29.5 Å². The van der Waals surface area contributed by atoms with Gasteiger partial charge >= 0.3 is 0 Å². The molecule has 0 N–H and O–H groups in total. The van der Waals surface area contributed by atoms with Gasteiger partial charge in [0.2, 0.25) is 0 Å². The number of para-hydroxylation sites is 1. The number of hydrogen-bond donors (Lipinski definition) is 0. The summed E-state index contributed by atoms with van der Waals surface area (Å²) in [6.45, 7) is 7.16. The predicted molar refractivity (Wildman–Crippen MR) is 86.2 cm³/mol. The fraction of sp³-hybridized carbons (Fsp3) is 0.263. The summed E-state index contributed by atoms with van der Waals surface area (Å²) in [6.07, 6.45) is 3.16. The molecule has 1 heteroatoms. The van der Waals surface area contributed by atoms with Crippen LogP contribution >= 0.6 is 0 Å². The molecule has 3 rings (SSSR count). The summed E-state index contributed by atoms with van der Waals surface area (Å²) in [5.74, 6) is 0.595. The number of fused-ring (bicyclic) bond motifs is 1. The Hall–Kier alpha value is -2.02. The normalized spacial score (nSPS) is 21.4. The van der Waals surface area contributed by atoms with Gasteiger partial charge in [-0.2, -0.15) is 0 Å². The summed E-state index contributed by atoms with van der Waals surface area (Å²) >= 11 is 0. The molecule has 2 unspecified atom stereocenters. The number of nitrogens with zero attached hydrogens (tertiary/aromatic N) is 1. The highest BCUT2D eigenvalue weighted by Gasteiger charge is 2.30. The monoisotopic (exact) mass is 263 g/mol. The van der Waals surface area contributed by atoms with Crippen molar-refractivity contribution in [1.29, 1.82) is 0 Å². The van der Waals surface area contributed by atoms with Crippen molar-refractivity contribution in [2.45, 2.75) is 25.3 Å². The molecule has 1 heterocycles. The van der Waals surface area contributed by atoms with Crippen molar-refractivity contribution in [3.8, 4) is 0 Å². The van der Waals surface area contributed by atoms with E-state index in [9.17, 15) is 0 Å². The lowest BCUT2D eigenvalue weighted by Gasteiger charge is -2.41. The van der Waals surface area contributed by atoms with Crippen molar-refractivity contribution in [2.24, 2.45) is 0 Å². The molecule has 2 atom stereocenters. The molecule has 0 amide bonds. The van der Waals surface area contributed by atoms with Crippen molar-refractivity contribution >= 4 is 5.69 Å². The van der Waals surface area contributed by atoms with Crippen LogP contribution in [0.3, 0.4) is 0 Å². The minimum atomic E-state index is 0.444. The fourth-order valence-corrected chi connectivity index (χ4v) is 3.28. The highest BCUT2D eigenvalue weighted by molar-refractivity contribution is 5.59. The fourth-order valence-electron chi connectivity index (χ4n) is 3.28. The van der Waals surface area contributed by atoms with E-state index in [-0.39, 0.29) is 0 Å². The van der Waals surface area contributed by atoms with Crippen LogP contribution in [0.4, 0.5) is 5.69 Å². The van der Waals surface area contributed by atoms with Crippen molar-refractivity contribution < 1.29 is 0 Å². The molecule has 2 aromatic carbocycles. The largest absolute Gasteiger partial charge is 0.361 e. The summed E-state index contributed by atoms with van der Waals surface area (Å²) in [5.41, 5.74) is 4.22. The minimum Gasteiger partial charge on any atom is -0.361 e. The van der Waals surface area contributed by atoms with E-state index < -0.39 is 0 Å². The molecular formula is C19H21N. The van der Waals surface area contributed by atoms with Gasteiger partial charge in [-0.3, -0.25) is 0 Å². The third kappa shape index (κ3) is 2.24. The van der Waals surface area contributed by atoms with E-state index >= 15 is 0 Å². The Morgan fingerprint density at radius 1 is 1.10 bits per heavy atom. The molecule has 20 heavy (non-hydrogen) atoms. The third-order valence-electron chi connectivity index (χ3n) is 4.24. The van der Waals surface area contributed by atoms with Gasteiger partial charge in [0.25, 0.3) is 0 Å². The quantitative estimate of drug-likeness (QED) is 0.710. The van der Waals surface area contributed by atoms with Gasteiger partial charge in [-0.15, -0.1) is 6.58 Å². The van der Waals surface area contributed by atoms with Crippen molar-refractivity contribution in [2.75, 3.05) is 11.4 Å². The summed E-state index contributed by atoms with van der Waals surface area (Å²) in [6, 6.07) is 20.0. The Morgan fingerprint density at radius 2 is 1.80 bits per heavy atom. The third-order valence-corrected chi connectivity index (χ3v) is 4.24. The van der Waals surface area contributed by atoms with Crippen LogP contribution in [-0.2, 0) is 0 Å². The first-order chi connectivity index (χ1) is 9.81. The molecule has 1 aliphatic heterocycles. The van der Waals surface area contributed by atoms with Crippen LogP contribution in [0.2, 0.25) is 0 Å². The lowest BCUT2D eigenvalue weighted by atomic mass is 9.84. The summed E-state index contributed by atoms with van der Waals surface area (Å²) in [4.78, 5) is 2.48. The van der Waals surface area contributed by atoms with Gasteiger partial charge in [-0.1, -0.05) is 61.5 Å². The number of benzene rings is 2.